The number of benzene rings is 1. The Kier molecular flexibility index (Phi) is 6.19. The molecular formula is C14H13F2NO6. The zero-order chi connectivity index (χ0) is 17.6. The summed E-state index contributed by atoms with van der Waals surface area (Å²) in [5.41, 5.74) is -1.85. The number of nitrogens with one attached hydrogen (secondary N) is 1. The van der Waals surface area contributed by atoms with E-state index in [1.165, 1.54) is 0 Å². The number of carbonyl (C=O) groups excluding carboxylic acids is 3. The second kappa shape index (κ2) is 7.87. The summed E-state index contributed by atoms with van der Waals surface area (Å²) in [6, 6.07) is 1.73. The number of methoxy groups -OCH3 is 3. The molecule has 1 aromatic carbocycles. The second-order valence-electron chi connectivity index (χ2n) is 3.97. The fraction of sp³-hybridized carbons (Fsp3) is 0.214. The number of ether oxygens (including phenoxy) is 3. The maximum Gasteiger partial charge on any atom is 0.354 e. The van der Waals surface area contributed by atoms with Crippen LogP contribution in [0.1, 0.15) is 10.4 Å². The van der Waals surface area contributed by atoms with Gasteiger partial charge in [0.1, 0.15) is 17.1 Å². The number of esters is 3. The van der Waals surface area contributed by atoms with Gasteiger partial charge >= 0.3 is 17.9 Å². The molecule has 0 aliphatic carbocycles. The lowest BCUT2D eigenvalue weighted by Crippen LogP contribution is -2.17. The quantitative estimate of drug-likeness (QED) is 0.496. The molecule has 0 spiro atoms. The van der Waals surface area contributed by atoms with E-state index in [1.54, 1.807) is 0 Å². The number of halogens is 2. The number of anilines is 1. The van der Waals surface area contributed by atoms with Crippen LogP contribution in [0.25, 0.3) is 0 Å². The molecule has 1 rings (SSSR count). The summed E-state index contributed by atoms with van der Waals surface area (Å²) < 4.78 is 40.8. The molecule has 0 aliphatic rings. The molecule has 0 aromatic heterocycles. The number of hydrogen-bond donors (Lipinski definition) is 1. The van der Waals surface area contributed by atoms with Gasteiger partial charge in [-0.3, -0.25) is 0 Å². The van der Waals surface area contributed by atoms with Crippen LogP contribution in [0.3, 0.4) is 0 Å². The number of rotatable bonds is 5. The lowest BCUT2D eigenvalue weighted by molar-refractivity contribution is -0.138. The van der Waals surface area contributed by atoms with Crippen LogP contribution in [0, 0.1) is 11.6 Å². The Morgan fingerprint density at radius 1 is 1.04 bits per heavy atom. The molecule has 0 aliphatic heterocycles. The zero-order valence-corrected chi connectivity index (χ0v) is 12.4. The third kappa shape index (κ3) is 4.25. The van der Waals surface area contributed by atoms with Crippen LogP contribution in [-0.4, -0.2) is 39.2 Å². The van der Waals surface area contributed by atoms with Gasteiger partial charge in [-0.05, 0) is 12.1 Å². The zero-order valence-electron chi connectivity index (χ0n) is 12.4. The molecule has 0 radical (unpaired) electrons. The van der Waals surface area contributed by atoms with E-state index in [-0.39, 0.29) is 0 Å². The SMILES string of the molecule is COC(=O)/C=C(/Nc1ccc(F)c(C(=O)OC)c1F)C(=O)OC. The third-order valence-electron chi connectivity index (χ3n) is 2.62. The summed E-state index contributed by atoms with van der Waals surface area (Å²) >= 11 is 0. The lowest BCUT2D eigenvalue weighted by Gasteiger charge is -2.12. The van der Waals surface area contributed by atoms with E-state index < -0.39 is 46.5 Å². The minimum Gasteiger partial charge on any atom is -0.466 e. The van der Waals surface area contributed by atoms with E-state index in [2.05, 4.69) is 19.5 Å². The second-order valence-corrected chi connectivity index (χ2v) is 3.97. The van der Waals surface area contributed by atoms with E-state index in [9.17, 15) is 23.2 Å². The molecule has 0 saturated carbocycles. The first-order valence-electron chi connectivity index (χ1n) is 6.07. The number of carbonyl (C=O) groups is 3. The van der Waals surface area contributed by atoms with Crippen molar-refractivity contribution in [2.45, 2.75) is 0 Å². The van der Waals surface area contributed by atoms with E-state index in [0.717, 1.165) is 33.5 Å². The van der Waals surface area contributed by atoms with Gasteiger partial charge in [0, 0.05) is 0 Å². The van der Waals surface area contributed by atoms with Crippen LogP contribution in [0.5, 0.6) is 0 Å². The van der Waals surface area contributed by atoms with Crippen molar-refractivity contribution >= 4 is 23.6 Å². The minimum atomic E-state index is -1.29. The smallest absolute Gasteiger partial charge is 0.354 e. The molecule has 1 aromatic rings. The predicted molar refractivity (Wildman–Crippen MR) is 73.4 cm³/mol. The highest BCUT2D eigenvalue weighted by Crippen LogP contribution is 2.23. The van der Waals surface area contributed by atoms with Crippen molar-refractivity contribution in [2.24, 2.45) is 0 Å². The first-order chi connectivity index (χ1) is 10.8. The van der Waals surface area contributed by atoms with Crippen LogP contribution < -0.4 is 5.32 Å². The van der Waals surface area contributed by atoms with Gasteiger partial charge in [-0.2, -0.15) is 0 Å². The van der Waals surface area contributed by atoms with Crippen LogP contribution in [-0.2, 0) is 23.8 Å². The summed E-state index contributed by atoms with van der Waals surface area (Å²) in [4.78, 5) is 34.2. The van der Waals surface area contributed by atoms with E-state index >= 15 is 0 Å². The van der Waals surface area contributed by atoms with Crippen molar-refractivity contribution in [3.8, 4) is 0 Å². The average molecular weight is 329 g/mol. The molecule has 1 N–H and O–H groups in total. The van der Waals surface area contributed by atoms with Gasteiger partial charge in [0.2, 0.25) is 0 Å². The van der Waals surface area contributed by atoms with E-state index in [0.29, 0.717) is 6.08 Å². The van der Waals surface area contributed by atoms with Gasteiger partial charge in [-0.25, -0.2) is 23.2 Å². The van der Waals surface area contributed by atoms with E-state index in [4.69, 9.17) is 0 Å². The molecule has 0 saturated heterocycles. The molecule has 0 unspecified atom stereocenters. The van der Waals surface area contributed by atoms with Crippen LogP contribution in [0.4, 0.5) is 14.5 Å². The molecule has 0 amide bonds. The van der Waals surface area contributed by atoms with Crippen LogP contribution in [0.2, 0.25) is 0 Å². The molecule has 0 bridgehead atoms. The molecule has 0 fully saturated rings. The Hall–Kier alpha value is -2.97. The Morgan fingerprint density at radius 2 is 1.70 bits per heavy atom. The Labute approximate surface area is 129 Å². The van der Waals surface area contributed by atoms with Gasteiger partial charge in [0.25, 0.3) is 0 Å². The Bertz CT molecular complexity index is 671. The molecule has 0 heterocycles. The lowest BCUT2D eigenvalue weighted by atomic mass is 10.1. The summed E-state index contributed by atoms with van der Waals surface area (Å²) in [7, 11) is 3.07. The number of hydrogen-bond acceptors (Lipinski definition) is 7. The van der Waals surface area contributed by atoms with Gasteiger partial charge in [0.15, 0.2) is 5.82 Å². The Morgan fingerprint density at radius 3 is 2.22 bits per heavy atom. The maximum atomic E-state index is 14.2. The highest BCUT2D eigenvalue weighted by Gasteiger charge is 2.23. The molecule has 23 heavy (non-hydrogen) atoms. The fourth-order valence-electron chi connectivity index (χ4n) is 1.52. The van der Waals surface area contributed by atoms with Crippen molar-refractivity contribution in [1.29, 1.82) is 0 Å². The summed E-state index contributed by atoms with van der Waals surface area (Å²) in [6.45, 7) is 0. The average Bonchev–Trinajstić information content (AvgIpc) is 2.55. The van der Waals surface area contributed by atoms with Crippen molar-refractivity contribution in [3.63, 3.8) is 0 Å². The maximum absolute atomic E-state index is 14.2. The normalized spacial score (nSPS) is 10.7. The first kappa shape index (κ1) is 18.1. The monoisotopic (exact) mass is 329 g/mol. The molecule has 124 valence electrons. The topological polar surface area (TPSA) is 90.9 Å². The standard InChI is InChI=1S/C14H13F2NO6/c1-21-10(18)6-9(13(19)22-2)17-8-5-4-7(15)11(12(8)16)14(20)23-3/h4-6,17H,1-3H3/b9-6+. The Balaban J connectivity index is 3.30. The molecule has 9 heteroatoms. The largest absolute Gasteiger partial charge is 0.466 e. The van der Waals surface area contributed by atoms with Gasteiger partial charge < -0.3 is 19.5 Å². The van der Waals surface area contributed by atoms with Crippen molar-refractivity contribution < 1.29 is 37.4 Å². The van der Waals surface area contributed by atoms with Gasteiger partial charge in [0.05, 0.1) is 33.1 Å². The first-order valence-corrected chi connectivity index (χ1v) is 6.07. The minimum absolute atomic E-state index is 0.438. The van der Waals surface area contributed by atoms with E-state index in [1.807, 2.05) is 0 Å². The highest BCUT2D eigenvalue weighted by molar-refractivity contribution is 5.99. The summed E-state index contributed by atoms with van der Waals surface area (Å²) in [5, 5.41) is 2.25. The van der Waals surface area contributed by atoms with Gasteiger partial charge in [-0.1, -0.05) is 0 Å². The molecule has 7 nitrogen and oxygen atoms in total. The summed E-state index contributed by atoms with van der Waals surface area (Å²) in [5.74, 6) is -5.58. The van der Waals surface area contributed by atoms with Crippen molar-refractivity contribution in [2.75, 3.05) is 26.6 Å². The van der Waals surface area contributed by atoms with Crippen molar-refractivity contribution in [1.82, 2.24) is 0 Å². The van der Waals surface area contributed by atoms with Crippen LogP contribution >= 0.6 is 0 Å². The predicted octanol–water partition coefficient (Wildman–Crippen LogP) is 1.39. The van der Waals surface area contributed by atoms with Gasteiger partial charge in [-0.15, -0.1) is 0 Å². The summed E-state index contributed by atoms with van der Waals surface area (Å²) in [6.07, 6.45) is 0.715. The molecule has 0 atom stereocenters. The van der Waals surface area contributed by atoms with Crippen LogP contribution in [0.15, 0.2) is 23.9 Å². The third-order valence-corrected chi connectivity index (χ3v) is 2.62. The highest BCUT2D eigenvalue weighted by atomic mass is 19.1. The van der Waals surface area contributed by atoms with Crippen molar-refractivity contribution in [3.05, 3.63) is 41.1 Å². The molecular weight excluding hydrogens is 316 g/mol. The fourth-order valence-corrected chi connectivity index (χ4v) is 1.52.